The Balaban J connectivity index is 1.23. The maximum Gasteiger partial charge on any atom is 0.226 e. The van der Waals surface area contributed by atoms with E-state index in [1.54, 1.807) is 11.3 Å². The summed E-state index contributed by atoms with van der Waals surface area (Å²) < 4.78 is 13.6. The summed E-state index contributed by atoms with van der Waals surface area (Å²) in [5.41, 5.74) is 4.49. The van der Waals surface area contributed by atoms with Gasteiger partial charge < -0.3 is 14.3 Å². The lowest BCUT2D eigenvalue weighted by Crippen LogP contribution is -2.01. The minimum absolute atomic E-state index is 0.0343. The smallest absolute Gasteiger partial charge is 0.226 e. The Morgan fingerprint density at radius 2 is 1.85 bits per heavy atom. The Morgan fingerprint density at radius 1 is 1.03 bits per heavy atom. The molecule has 6 nitrogen and oxygen atoms in total. The molecule has 0 fully saturated rings. The number of aryl methyl sites for hydroxylation is 1. The molecular weight excluding hydrogens is 434 g/mol. The van der Waals surface area contributed by atoms with Gasteiger partial charge in [0.2, 0.25) is 5.89 Å². The van der Waals surface area contributed by atoms with Crippen molar-refractivity contribution in [2.75, 3.05) is 0 Å². The first-order chi connectivity index (χ1) is 16.2. The normalized spacial score (nSPS) is 11.1. The molecule has 0 unspecified atom stereocenters. The number of thiophene rings is 1. The van der Waals surface area contributed by atoms with Crippen LogP contribution >= 0.6 is 11.3 Å². The van der Waals surface area contributed by atoms with E-state index in [0.29, 0.717) is 19.0 Å². The van der Waals surface area contributed by atoms with Gasteiger partial charge in [-0.15, -0.1) is 11.3 Å². The maximum atomic E-state index is 9.69. The largest absolute Gasteiger partial charge is 0.487 e. The average Bonchev–Trinajstić information content (AvgIpc) is 3.59. The zero-order chi connectivity index (χ0) is 22.6. The van der Waals surface area contributed by atoms with Crippen LogP contribution in [0.15, 0.2) is 82.7 Å². The molecule has 0 aliphatic rings. The minimum Gasteiger partial charge on any atom is -0.487 e. The summed E-state index contributed by atoms with van der Waals surface area (Å²) in [5, 5.41) is 16.4. The highest BCUT2D eigenvalue weighted by Gasteiger charge is 2.13. The summed E-state index contributed by atoms with van der Waals surface area (Å²) >= 11 is 1.62. The summed E-state index contributed by atoms with van der Waals surface area (Å²) in [6, 6.07) is 21.8. The van der Waals surface area contributed by atoms with Crippen LogP contribution in [0.25, 0.3) is 22.0 Å². The highest BCUT2D eigenvalue weighted by molar-refractivity contribution is 7.13. The molecule has 5 aromatic rings. The number of aromatic nitrogens is 3. The quantitative estimate of drug-likeness (QED) is 0.324. The summed E-state index contributed by atoms with van der Waals surface area (Å²) in [6.07, 6.45) is 1.90. The van der Waals surface area contributed by atoms with Crippen LogP contribution in [0, 0.1) is 6.92 Å². The third kappa shape index (κ3) is 4.74. The molecule has 0 spiro atoms. The fourth-order valence-electron chi connectivity index (χ4n) is 3.58. The van der Waals surface area contributed by atoms with Crippen LogP contribution in [-0.4, -0.2) is 19.9 Å². The van der Waals surface area contributed by atoms with Gasteiger partial charge in [-0.3, -0.25) is 4.68 Å². The van der Waals surface area contributed by atoms with Gasteiger partial charge in [-0.25, -0.2) is 4.98 Å². The van der Waals surface area contributed by atoms with Crippen molar-refractivity contribution in [1.29, 1.82) is 0 Å². The van der Waals surface area contributed by atoms with Crippen molar-refractivity contribution in [3.8, 4) is 27.8 Å². The number of ether oxygens (including phenoxy) is 1. The molecule has 33 heavy (non-hydrogen) atoms. The molecule has 0 radical (unpaired) electrons. The van der Waals surface area contributed by atoms with E-state index in [-0.39, 0.29) is 6.61 Å². The van der Waals surface area contributed by atoms with Gasteiger partial charge in [0.25, 0.3) is 0 Å². The Morgan fingerprint density at radius 3 is 2.58 bits per heavy atom. The predicted octanol–water partition coefficient (Wildman–Crippen LogP) is 5.69. The van der Waals surface area contributed by atoms with Crippen LogP contribution in [-0.2, 0) is 19.8 Å². The number of rotatable bonds is 8. The molecule has 166 valence electrons. The van der Waals surface area contributed by atoms with Crippen molar-refractivity contribution in [3.05, 3.63) is 101 Å². The second-order valence-electron chi connectivity index (χ2n) is 7.66. The first-order valence-electron chi connectivity index (χ1n) is 10.6. The van der Waals surface area contributed by atoms with Crippen LogP contribution in [0.5, 0.6) is 5.75 Å². The molecule has 0 bridgehead atoms. The lowest BCUT2D eigenvalue weighted by atomic mass is 10.2. The molecular formula is C26H23N3O3S. The average molecular weight is 458 g/mol. The molecule has 3 aromatic heterocycles. The van der Waals surface area contributed by atoms with E-state index in [9.17, 15) is 5.11 Å². The fourth-order valence-corrected chi connectivity index (χ4v) is 4.32. The number of aliphatic hydroxyl groups excluding tert-OH is 1. The summed E-state index contributed by atoms with van der Waals surface area (Å²) in [6.45, 7) is 2.82. The Kier molecular flexibility index (Phi) is 6.06. The second kappa shape index (κ2) is 9.44. The van der Waals surface area contributed by atoms with Gasteiger partial charge in [0, 0.05) is 17.3 Å². The number of oxazole rings is 1. The van der Waals surface area contributed by atoms with Gasteiger partial charge in [-0.1, -0.05) is 36.4 Å². The number of benzene rings is 2. The van der Waals surface area contributed by atoms with Gasteiger partial charge >= 0.3 is 0 Å². The van der Waals surface area contributed by atoms with Crippen LogP contribution in [0.1, 0.15) is 22.6 Å². The van der Waals surface area contributed by atoms with Gasteiger partial charge in [0.1, 0.15) is 29.5 Å². The first kappa shape index (κ1) is 21.2. The molecule has 2 aromatic carbocycles. The van der Waals surface area contributed by atoms with Crippen molar-refractivity contribution in [1.82, 2.24) is 14.8 Å². The van der Waals surface area contributed by atoms with Crippen LogP contribution in [0.4, 0.5) is 0 Å². The van der Waals surface area contributed by atoms with Crippen LogP contribution < -0.4 is 4.74 Å². The summed E-state index contributed by atoms with van der Waals surface area (Å²) in [7, 11) is 0. The van der Waals surface area contributed by atoms with Crippen molar-refractivity contribution in [2.24, 2.45) is 0 Å². The predicted molar refractivity (Wildman–Crippen MR) is 128 cm³/mol. The molecule has 0 aliphatic heterocycles. The number of hydrogen-bond acceptors (Lipinski definition) is 6. The van der Waals surface area contributed by atoms with E-state index in [2.05, 4.69) is 10.1 Å². The number of aliphatic hydroxyl groups is 1. The van der Waals surface area contributed by atoms with Gasteiger partial charge in [0.15, 0.2) is 0 Å². The van der Waals surface area contributed by atoms with E-state index in [0.717, 1.165) is 44.5 Å². The van der Waals surface area contributed by atoms with Crippen LogP contribution in [0.3, 0.4) is 0 Å². The van der Waals surface area contributed by atoms with Gasteiger partial charge in [0.05, 0.1) is 18.0 Å². The maximum absolute atomic E-state index is 9.69. The zero-order valence-electron chi connectivity index (χ0n) is 18.1. The number of hydrogen-bond donors (Lipinski definition) is 1. The third-order valence-corrected chi connectivity index (χ3v) is 6.20. The monoisotopic (exact) mass is 457 g/mol. The van der Waals surface area contributed by atoms with Crippen LogP contribution in [0.2, 0.25) is 0 Å². The molecule has 7 heteroatoms. The number of nitrogens with zero attached hydrogens (tertiary/aromatic N) is 3. The van der Waals surface area contributed by atoms with Crippen molar-refractivity contribution < 1.29 is 14.3 Å². The van der Waals surface area contributed by atoms with Crippen molar-refractivity contribution in [3.63, 3.8) is 0 Å². The highest BCUT2D eigenvalue weighted by atomic mass is 32.1. The first-order valence-corrected chi connectivity index (χ1v) is 11.5. The Bertz CT molecular complexity index is 1320. The van der Waals surface area contributed by atoms with E-state index in [1.807, 2.05) is 89.9 Å². The molecule has 0 saturated heterocycles. The lowest BCUT2D eigenvalue weighted by Gasteiger charge is -2.06. The topological polar surface area (TPSA) is 73.3 Å². The van der Waals surface area contributed by atoms with E-state index in [4.69, 9.17) is 9.15 Å². The van der Waals surface area contributed by atoms with Gasteiger partial charge in [-0.2, -0.15) is 5.10 Å². The van der Waals surface area contributed by atoms with Gasteiger partial charge in [-0.05, 0) is 48.2 Å². The van der Waals surface area contributed by atoms with Crippen molar-refractivity contribution >= 4 is 11.3 Å². The highest BCUT2D eigenvalue weighted by Crippen LogP contribution is 2.27. The Hall–Kier alpha value is -3.68. The van der Waals surface area contributed by atoms with E-state index >= 15 is 0 Å². The summed E-state index contributed by atoms with van der Waals surface area (Å²) in [4.78, 5) is 5.64. The molecule has 0 atom stereocenters. The standard InChI is InChI=1S/C26H23N3O3S/c1-18-23(27-26(32-18)20-6-3-2-4-7-20)17-31-22-11-9-19(10-12-22)14-29-15-21(16-30)25(28-29)24-8-5-13-33-24/h2-13,15,30H,14,16-17H2,1H3. The third-order valence-electron chi connectivity index (χ3n) is 5.32. The molecule has 5 rings (SSSR count). The summed E-state index contributed by atoms with van der Waals surface area (Å²) in [5.74, 6) is 2.12. The molecule has 3 heterocycles. The second-order valence-corrected chi connectivity index (χ2v) is 8.60. The van der Waals surface area contributed by atoms with Crippen molar-refractivity contribution in [2.45, 2.75) is 26.7 Å². The van der Waals surface area contributed by atoms with E-state index in [1.165, 1.54) is 0 Å². The Labute approximate surface area is 195 Å². The zero-order valence-corrected chi connectivity index (χ0v) is 19.0. The SMILES string of the molecule is Cc1oc(-c2ccccc2)nc1COc1ccc(Cn2cc(CO)c(-c3cccs3)n2)cc1. The van der Waals surface area contributed by atoms with E-state index < -0.39 is 0 Å². The fraction of sp³-hybridized carbons (Fsp3) is 0.154. The minimum atomic E-state index is -0.0343. The molecule has 0 saturated carbocycles. The molecule has 1 N–H and O–H groups in total. The lowest BCUT2D eigenvalue weighted by molar-refractivity contribution is 0.282. The molecule has 0 aliphatic carbocycles. The molecule has 0 amide bonds.